The van der Waals surface area contributed by atoms with Gasteiger partial charge in [0.05, 0.1) is 0 Å². The number of fused-ring (bicyclic) bond motifs is 1. The molecule has 2 nitrogen and oxygen atoms in total. The topological polar surface area (TPSA) is 46.2 Å². The fourth-order valence-electron chi connectivity index (χ4n) is 2.62. The standard InChI is InChI=1S/C14H14BrNO/c15-10-3-4-11-9(8-10)2-5-12(17)13(11)14(16)6-1-7-14/h2-5,8,17H,1,6-7,16H2. The number of aromatic hydroxyl groups is 1. The molecule has 0 unspecified atom stereocenters. The minimum atomic E-state index is -0.336. The number of hydrogen-bond donors (Lipinski definition) is 2. The van der Waals surface area contributed by atoms with Gasteiger partial charge in [0.1, 0.15) is 5.75 Å². The van der Waals surface area contributed by atoms with Gasteiger partial charge in [-0.05, 0) is 48.2 Å². The molecule has 88 valence electrons. The predicted molar refractivity (Wildman–Crippen MR) is 73.0 cm³/mol. The second kappa shape index (κ2) is 3.72. The summed E-state index contributed by atoms with van der Waals surface area (Å²) < 4.78 is 1.04. The highest BCUT2D eigenvalue weighted by molar-refractivity contribution is 9.10. The minimum absolute atomic E-state index is 0.321. The Balaban J connectivity index is 2.31. The summed E-state index contributed by atoms with van der Waals surface area (Å²) in [7, 11) is 0. The first-order valence-electron chi connectivity index (χ1n) is 5.81. The van der Waals surface area contributed by atoms with Crippen LogP contribution in [0, 0.1) is 0 Å². The Bertz CT molecular complexity index is 590. The molecule has 0 heterocycles. The Morgan fingerprint density at radius 1 is 1.18 bits per heavy atom. The molecule has 3 rings (SSSR count). The van der Waals surface area contributed by atoms with Crippen molar-refractivity contribution in [3.63, 3.8) is 0 Å². The van der Waals surface area contributed by atoms with Crippen LogP contribution in [0.2, 0.25) is 0 Å². The zero-order chi connectivity index (χ0) is 12.0. The third-order valence-electron chi connectivity index (χ3n) is 3.70. The van der Waals surface area contributed by atoms with Gasteiger partial charge in [-0.3, -0.25) is 0 Å². The SMILES string of the molecule is NC1(c2c(O)ccc3cc(Br)ccc23)CCC1. The summed E-state index contributed by atoms with van der Waals surface area (Å²) in [6, 6.07) is 9.76. The van der Waals surface area contributed by atoms with Crippen molar-refractivity contribution >= 4 is 26.7 Å². The number of hydrogen-bond acceptors (Lipinski definition) is 2. The molecule has 2 aromatic carbocycles. The van der Waals surface area contributed by atoms with Crippen LogP contribution in [0.1, 0.15) is 24.8 Å². The zero-order valence-electron chi connectivity index (χ0n) is 9.41. The maximum absolute atomic E-state index is 10.1. The third-order valence-corrected chi connectivity index (χ3v) is 4.20. The van der Waals surface area contributed by atoms with Crippen LogP contribution >= 0.6 is 15.9 Å². The van der Waals surface area contributed by atoms with Crippen LogP contribution in [0.3, 0.4) is 0 Å². The fourth-order valence-corrected chi connectivity index (χ4v) is 3.00. The molecule has 0 atom stereocenters. The molecule has 2 aromatic rings. The van der Waals surface area contributed by atoms with E-state index < -0.39 is 0 Å². The van der Waals surface area contributed by atoms with Gasteiger partial charge in [0.15, 0.2) is 0 Å². The van der Waals surface area contributed by atoms with Crippen LogP contribution in [-0.4, -0.2) is 5.11 Å². The van der Waals surface area contributed by atoms with Crippen LogP contribution < -0.4 is 5.73 Å². The van der Waals surface area contributed by atoms with Crippen LogP contribution in [0.15, 0.2) is 34.8 Å². The van der Waals surface area contributed by atoms with E-state index in [1.807, 2.05) is 18.2 Å². The molecule has 3 heteroatoms. The van der Waals surface area contributed by atoms with E-state index in [-0.39, 0.29) is 5.54 Å². The number of halogens is 1. The van der Waals surface area contributed by atoms with Gasteiger partial charge in [0, 0.05) is 15.6 Å². The first kappa shape index (κ1) is 11.1. The highest BCUT2D eigenvalue weighted by atomic mass is 79.9. The van der Waals surface area contributed by atoms with E-state index in [9.17, 15) is 5.11 Å². The summed E-state index contributed by atoms with van der Waals surface area (Å²) in [5.41, 5.74) is 6.93. The van der Waals surface area contributed by atoms with Crippen molar-refractivity contribution in [3.05, 3.63) is 40.4 Å². The molecule has 0 aromatic heterocycles. The molecule has 0 aliphatic heterocycles. The van der Waals surface area contributed by atoms with Crippen molar-refractivity contribution in [1.29, 1.82) is 0 Å². The lowest BCUT2D eigenvalue weighted by Gasteiger charge is -2.39. The molecule has 17 heavy (non-hydrogen) atoms. The molecular formula is C14H14BrNO. The van der Waals surface area contributed by atoms with Crippen molar-refractivity contribution in [1.82, 2.24) is 0 Å². The van der Waals surface area contributed by atoms with Crippen LogP contribution in [0.4, 0.5) is 0 Å². The molecule has 0 radical (unpaired) electrons. The van der Waals surface area contributed by atoms with Gasteiger partial charge >= 0.3 is 0 Å². The Labute approximate surface area is 109 Å². The highest BCUT2D eigenvalue weighted by Gasteiger charge is 2.37. The van der Waals surface area contributed by atoms with Gasteiger partial charge < -0.3 is 10.8 Å². The van der Waals surface area contributed by atoms with Gasteiger partial charge in [-0.25, -0.2) is 0 Å². The van der Waals surface area contributed by atoms with Crippen molar-refractivity contribution in [2.24, 2.45) is 5.73 Å². The number of phenolic OH excluding ortho intramolecular Hbond substituents is 1. The van der Waals surface area contributed by atoms with Gasteiger partial charge in [-0.15, -0.1) is 0 Å². The monoisotopic (exact) mass is 291 g/mol. The highest BCUT2D eigenvalue weighted by Crippen LogP contribution is 2.45. The molecule has 0 amide bonds. The van der Waals surface area contributed by atoms with Gasteiger partial charge in [-0.1, -0.05) is 28.1 Å². The van der Waals surface area contributed by atoms with Gasteiger partial charge in [0.25, 0.3) is 0 Å². The summed E-state index contributed by atoms with van der Waals surface area (Å²) in [5, 5.41) is 12.3. The van der Waals surface area contributed by atoms with E-state index >= 15 is 0 Å². The largest absolute Gasteiger partial charge is 0.508 e. The maximum Gasteiger partial charge on any atom is 0.121 e. The second-order valence-electron chi connectivity index (χ2n) is 4.83. The van der Waals surface area contributed by atoms with E-state index in [1.54, 1.807) is 6.07 Å². The smallest absolute Gasteiger partial charge is 0.121 e. The molecular weight excluding hydrogens is 278 g/mol. The summed E-state index contributed by atoms with van der Waals surface area (Å²) in [4.78, 5) is 0. The van der Waals surface area contributed by atoms with E-state index in [2.05, 4.69) is 22.0 Å². The molecule has 0 bridgehead atoms. The fraction of sp³-hybridized carbons (Fsp3) is 0.286. The molecule has 1 aliphatic rings. The lowest BCUT2D eigenvalue weighted by Crippen LogP contribution is -2.43. The first-order chi connectivity index (χ1) is 8.10. The predicted octanol–water partition coefficient (Wildman–Crippen LogP) is 3.65. The summed E-state index contributed by atoms with van der Waals surface area (Å²) in [5.74, 6) is 0.321. The number of phenols is 1. The molecule has 0 spiro atoms. The summed E-state index contributed by atoms with van der Waals surface area (Å²) in [6.45, 7) is 0. The van der Waals surface area contributed by atoms with E-state index in [0.29, 0.717) is 5.75 Å². The number of benzene rings is 2. The average Bonchev–Trinajstić information content (AvgIpc) is 2.26. The summed E-state index contributed by atoms with van der Waals surface area (Å²) in [6.07, 6.45) is 3.05. The van der Waals surface area contributed by atoms with Crippen molar-refractivity contribution in [3.8, 4) is 5.75 Å². The Morgan fingerprint density at radius 3 is 2.59 bits per heavy atom. The van der Waals surface area contributed by atoms with Gasteiger partial charge in [0.2, 0.25) is 0 Å². The van der Waals surface area contributed by atoms with E-state index in [4.69, 9.17) is 5.73 Å². The molecule has 1 aliphatic carbocycles. The number of nitrogens with two attached hydrogens (primary N) is 1. The first-order valence-corrected chi connectivity index (χ1v) is 6.60. The van der Waals surface area contributed by atoms with Gasteiger partial charge in [-0.2, -0.15) is 0 Å². The Kier molecular flexibility index (Phi) is 2.42. The van der Waals surface area contributed by atoms with Crippen molar-refractivity contribution < 1.29 is 5.11 Å². The molecule has 0 saturated heterocycles. The third kappa shape index (κ3) is 1.65. The maximum atomic E-state index is 10.1. The van der Waals surface area contributed by atoms with Crippen molar-refractivity contribution in [2.75, 3.05) is 0 Å². The Hall–Kier alpha value is -1.06. The van der Waals surface area contributed by atoms with E-state index in [0.717, 1.165) is 40.1 Å². The lowest BCUT2D eigenvalue weighted by molar-refractivity contribution is 0.248. The Morgan fingerprint density at radius 2 is 1.94 bits per heavy atom. The average molecular weight is 292 g/mol. The molecule has 1 fully saturated rings. The van der Waals surface area contributed by atoms with Crippen LogP contribution in [0.25, 0.3) is 10.8 Å². The second-order valence-corrected chi connectivity index (χ2v) is 5.75. The summed E-state index contributed by atoms with van der Waals surface area (Å²) >= 11 is 3.46. The molecule has 1 saturated carbocycles. The van der Waals surface area contributed by atoms with Crippen LogP contribution in [0.5, 0.6) is 5.75 Å². The van der Waals surface area contributed by atoms with Crippen molar-refractivity contribution in [2.45, 2.75) is 24.8 Å². The quantitative estimate of drug-likeness (QED) is 0.842. The van der Waals surface area contributed by atoms with Crippen LogP contribution in [-0.2, 0) is 5.54 Å². The normalized spacial score (nSPS) is 18.0. The molecule has 3 N–H and O–H groups in total. The minimum Gasteiger partial charge on any atom is -0.508 e. The lowest BCUT2D eigenvalue weighted by atomic mass is 9.71. The zero-order valence-corrected chi connectivity index (χ0v) is 11.0. The van der Waals surface area contributed by atoms with E-state index in [1.165, 1.54) is 0 Å². The number of rotatable bonds is 1.